The Kier molecular flexibility index (Phi) is 3.21. The second-order valence-corrected chi connectivity index (χ2v) is 5.63. The van der Waals surface area contributed by atoms with Gasteiger partial charge in [-0.1, -0.05) is 0 Å². The molecule has 1 aromatic heterocycles. The quantitative estimate of drug-likeness (QED) is 0.769. The molecule has 1 saturated heterocycles. The Labute approximate surface area is 109 Å². The Morgan fingerprint density at radius 3 is 2.47 bits per heavy atom. The van der Waals surface area contributed by atoms with Crippen LogP contribution in [-0.2, 0) is 4.74 Å². The van der Waals surface area contributed by atoms with Crippen LogP contribution < -0.4 is 11.2 Å². The molecule has 19 heavy (non-hydrogen) atoms. The van der Waals surface area contributed by atoms with Gasteiger partial charge in [0.05, 0.1) is 0 Å². The maximum atomic E-state index is 11.7. The first-order chi connectivity index (χ1) is 8.74. The van der Waals surface area contributed by atoms with Gasteiger partial charge in [-0.15, -0.1) is 0 Å². The lowest BCUT2D eigenvalue weighted by Crippen LogP contribution is -2.51. The topological polar surface area (TPSA) is 95.3 Å². The van der Waals surface area contributed by atoms with E-state index in [0.717, 1.165) is 0 Å². The number of carbonyl (C=O) groups is 1. The fourth-order valence-corrected chi connectivity index (χ4v) is 1.86. The third kappa shape index (κ3) is 3.24. The van der Waals surface area contributed by atoms with Gasteiger partial charge < -0.3 is 14.6 Å². The summed E-state index contributed by atoms with van der Waals surface area (Å²) in [7, 11) is 0. The Hall–Kier alpha value is -2.05. The number of nitrogens with one attached hydrogen (secondary N) is 2. The summed E-state index contributed by atoms with van der Waals surface area (Å²) in [5, 5.41) is 0. The zero-order valence-corrected chi connectivity index (χ0v) is 11.1. The predicted octanol–water partition coefficient (Wildman–Crippen LogP) is 0.398. The molecule has 0 radical (unpaired) electrons. The summed E-state index contributed by atoms with van der Waals surface area (Å²) in [5.74, 6) is -0.0254. The molecule has 0 saturated carbocycles. The lowest BCUT2D eigenvalue weighted by atomic mass is 9.97. The number of ether oxygens (including phenoxy) is 1. The van der Waals surface area contributed by atoms with E-state index in [1.165, 1.54) is 11.0 Å². The molecule has 2 N–H and O–H groups in total. The maximum Gasteiger partial charge on any atom is 0.410 e. The van der Waals surface area contributed by atoms with Crippen molar-refractivity contribution in [3.8, 4) is 0 Å². The van der Waals surface area contributed by atoms with Crippen LogP contribution in [0.5, 0.6) is 0 Å². The van der Waals surface area contributed by atoms with Crippen LogP contribution in [-0.4, -0.2) is 39.7 Å². The minimum absolute atomic E-state index is 0.0254. The molecular formula is C12H17N3O4. The average molecular weight is 267 g/mol. The van der Waals surface area contributed by atoms with Gasteiger partial charge in [0.2, 0.25) is 0 Å². The van der Waals surface area contributed by atoms with E-state index >= 15 is 0 Å². The average Bonchev–Trinajstić information content (AvgIpc) is 2.09. The lowest BCUT2D eigenvalue weighted by molar-refractivity contribution is 0.00785. The zero-order valence-electron chi connectivity index (χ0n) is 11.1. The monoisotopic (exact) mass is 267 g/mol. The van der Waals surface area contributed by atoms with Gasteiger partial charge in [-0.3, -0.25) is 9.78 Å². The van der Waals surface area contributed by atoms with Crippen molar-refractivity contribution in [3.63, 3.8) is 0 Å². The van der Waals surface area contributed by atoms with Gasteiger partial charge in [-0.25, -0.2) is 9.59 Å². The molecule has 0 aliphatic carbocycles. The Balaban J connectivity index is 1.98. The van der Waals surface area contributed by atoms with Gasteiger partial charge in [0.25, 0.3) is 5.56 Å². The van der Waals surface area contributed by atoms with Crippen molar-refractivity contribution >= 4 is 6.09 Å². The minimum Gasteiger partial charge on any atom is -0.444 e. The Morgan fingerprint density at radius 2 is 1.95 bits per heavy atom. The molecule has 1 amide bonds. The highest BCUT2D eigenvalue weighted by Gasteiger charge is 2.35. The number of aromatic nitrogens is 2. The maximum absolute atomic E-state index is 11.7. The molecule has 104 valence electrons. The van der Waals surface area contributed by atoms with E-state index in [2.05, 4.69) is 9.97 Å². The standard InChI is InChI=1S/C12H17N3O4/c1-12(2,3)19-11(18)15-5-7(6-15)8-4-9(16)14-10(17)13-8/h4,7H,5-6H2,1-3H3,(H2,13,14,16,17). The normalized spacial score (nSPS) is 16.1. The number of rotatable bonds is 1. The molecule has 1 aliphatic heterocycles. The summed E-state index contributed by atoms with van der Waals surface area (Å²) in [6, 6.07) is 1.35. The minimum atomic E-state index is -0.529. The Bertz CT molecular complexity index is 562. The summed E-state index contributed by atoms with van der Waals surface area (Å²) in [5.41, 5.74) is -0.943. The van der Waals surface area contributed by atoms with Gasteiger partial charge >= 0.3 is 11.8 Å². The number of H-pyrrole nitrogens is 2. The number of aromatic amines is 2. The largest absolute Gasteiger partial charge is 0.444 e. The van der Waals surface area contributed by atoms with E-state index in [9.17, 15) is 14.4 Å². The van der Waals surface area contributed by atoms with Crippen molar-refractivity contribution in [1.29, 1.82) is 0 Å². The first kappa shape index (κ1) is 13.4. The van der Waals surface area contributed by atoms with E-state index < -0.39 is 16.9 Å². The molecule has 0 atom stereocenters. The third-order valence-corrected chi connectivity index (χ3v) is 2.75. The van der Waals surface area contributed by atoms with Gasteiger partial charge in [0, 0.05) is 30.8 Å². The highest BCUT2D eigenvalue weighted by Crippen LogP contribution is 2.25. The molecule has 0 aromatic carbocycles. The zero-order chi connectivity index (χ0) is 14.2. The molecule has 0 unspecified atom stereocenters. The van der Waals surface area contributed by atoms with Crippen molar-refractivity contribution in [1.82, 2.24) is 14.9 Å². The van der Waals surface area contributed by atoms with Crippen LogP contribution in [0, 0.1) is 0 Å². The highest BCUT2D eigenvalue weighted by atomic mass is 16.6. The number of hydrogen-bond acceptors (Lipinski definition) is 4. The van der Waals surface area contributed by atoms with E-state index in [-0.39, 0.29) is 12.0 Å². The van der Waals surface area contributed by atoms with Crippen LogP contribution in [0.3, 0.4) is 0 Å². The van der Waals surface area contributed by atoms with Crippen molar-refractivity contribution in [2.75, 3.05) is 13.1 Å². The SMILES string of the molecule is CC(C)(C)OC(=O)N1CC(c2cc(=O)[nH]c(=O)[nH]2)C1. The molecular weight excluding hydrogens is 250 g/mol. The van der Waals surface area contributed by atoms with Crippen molar-refractivity contribution in [3.05, 3.63) is 32.6 Å². The summed E-state index contributed by atoms with van der Waals surface area (Å²) < 4.78 is 5.22. The fourth-order valence-electron chi connectivity index (χ4n) is 1.86. The van der Waals surface area contributed by atoms with Crippen LogP contribution in [0.4, 0.5) is 4.79 Å². The van der Waals surface area contributed by atoms with Gasteiger partial charge in [0.15, 0.2) is 0 Å². The van der Waals surface area contributed by atoms with Crippen LogP contribution in [0.1, 0.15) is 32.4 Å². The molecule has 0 bridgehead atoms. The highest BCUT2D eigenvalue weighted by molar-refractivity contribution is 5.69. The fraction of sp³-hybridized carbons (Fsp3) is 0.583. The number of nitrogens with zero attached hydrogens (tertiary/aromatic N) is 1. The molecule has 2 rings (SSSR count). The Morgan fingerprint density at radius 1 is 1.32 bits per heavy atom. The van der Waals surface area contributed by atoms with Crippen molar-refractivity contribution < 1.29 is 9.53 Å². The first-order valence-corrected chi connectivity index (χ1v) is 6.06. The molecule has 7 nitrogen and oxygen atoms in total. The van der Waals surface area contributed by atoms with Crippen LogP contribution in [0.2, 0.25) is 0 Å². The van der Waals surface area contributed by atoms with E-state index in [1.807, 2.05) is 0 Å². The van der Waals surface area contributed by atoms with Crippen molar-refractivity contribution in [2.45, 2.75) is 32.3 Å². The van der Waals surface area contributed by atoms with Gasteiger partial charge in [0.1, 0.15) is 5.60 Å². The van der Waals surface area contributed by atoms with Gasteiger partial charge in [-0.2, -0.15) is 0 Å². The van der Waals surface area contributed by atoms with Crippen LogP contribution in [0.15, 0.2) is 15.7 Å². The first-order valence-electron chi connectivity index (χ1n) is 6.06. The summed E-state index contributed by atoms with van der Waals surface area (Å²) in [4.78, 5) is 40.2. The second-order valence-electron chi connectivity index (χ2n) is 5.63. The molecule has 1 aliphatic rings. The van der Waals surface area contributed by atoms with E-state index in [4.69, 9.17) is 4.74 Å². The second kappa shape index (κ2) is 4.56. The third-order valence-electron chi connectivity index (χ3n) is 2.75. The van der Waals surface area contributed by atoms with Crippen molar-refractivity contribution in [2.24, 2.45) is 0 Å². The lowest BCUT2D eigenvalue weighted by Gasteiger charge is -2.39. The molecule has 1 fully saturated rings. The molecule has 2 heterocycles. The summed E-state index contributed by atoms with van der Waals surface area (Å²) >= 11 is 0. The summed E-state index contributed by atoms with van der Waals surface area (Å²) in [6.07, 6.45) is -0.379. The number of likely N-dealkylation sites (tertiary alicyclic amines) is 1. The number of amides is 1. The summed E-state index contributed by atoms with van der Waals surface area (Å²) in [6.45, 7) is 6.28. The predicted molar refractivity (Wildman–Crippen MR) is 68.2 cm³/mol. The van der Waals surface area contributed by atoms with Crippen LogP contribution >= 0.6 is 0 Å². The van der Waals surface area contributed by atoms with Crippen LogP contribution in [0.25, 0.3) is 0 Å². The molecule has 7 heteroatoms. The molecule has 1 aromatic rings. The number of hydrogen-bond donors (Lipinski definition) is 2. The number of carbonyl (C=O) groups excluding carboxylic acids is 1. The molecule has 0 spiro atoms. The van der Waals surface area contributed by atoms with E-state index in [0.29, 0.717) is 18.8 Å². The van der Waals surface area contributed by atoms with E-state index in [1.54, 1.807) is 20.8 Å². The van der Waals surface area contributed by atoms with Gasteiger partial charge in [-0.05, 0) is 20.8 Å². The smallest absolute Gasteiger partial charge is 0.410 e.